The molecule has 0 radical (unpaired) electrons. The van der Waals surface area contributed by atoms with Crippen LogP contribution in [0.2, 0.25) is 0 Å². The number of Topliss-reactive ketones (excluding diaryl/α,β-unsaturated/α-hetero) is 1. The van der Waals surface area contributed by atoms with Gasteiger partial charge in [-0.2, -0.15) is 0 Å². The minimum Gasteiger partial charge on any atom is -0.477 e. The van der Waals surface area contributed by atoms with Gasteiger partial charge < -0.3 is 4.74 Å². The second-order valence-electron chi connectivity index (χ2n) is 4.90. The molecule has 24 heavy (non-hydrogen) atoms. The molecule has 3 rings (SSSR count). The molecule has 2 aromatic carbocycles. The fourth-order valence-electron chi connectivity index (χ4n) is 2.10. The van der Waals surface area contributed by atoms with E-state index >= 15 is 0 Å². The molecule has 0 bridgehead atoms. The Kier molecular flexibility index (Phi) is 5.05. The van der Waals surface area contributed by atoms with Crippen LogP contribution in [0.3, 0.4) is 0 Å². The van der Waals surface area contributed by atoms with Gasteiger partial charge in [0.05, 0.1) is 6.61 Å². The van der Waals surface area contributed by atoms with Crippen LogP contribution in [0, 0.1) is 11.8 Å². The van der Waals surface area contributed by atoms with E-state index in [4.69, 9.17) is 4.74 Å². The first kappa shape index (κ1) is 16.0. The highest BCUT2D eigenvalue weighted by atomic mass is 32.1. The summed E-state index contributed by atoms with van der Waals surface area (Å²) in [7, 11) is 0. The second kappa shape index (κ2) is 7.58. The van der Waals surface area contributed by atoms with Crippen LogP contribution in [0.15, 0.2) is 60.7 Å². The molecule has 1 heterocycles. The summed E-state index contributed by atoms with van der Waals surface area (Å²) in [6.45, 7) is 2.32. The normalized spacial score (nSPS) is 9.88. The number of benzene rings is 2. The van der Waals surface area contributed by atoms with E-state index < -0.39 is 0 Å². The van der Waals surface area contributed by atoms with E-state index in [0.29, 0.717) is 17.4 Å². The van der Waals surface area contributed by atoms with Gasteiger partial charge in [-0.15, -0.1) is 11.3 Å². The number of hydrogen-bond donors (Lipinski definition) is 0. The first-order chi connectivity index (χ1) is 11.8. The molecule has 0 unspecified atom stereocenters. The monoisotopic (exact) mass is 333 g/mol. The van der Waals surface area contributed by atoms with Crippen LogP contribution < -0.4 is 4.74 Å². The van der Waals surface area contributed by atoms with Crippen LogP contribution in [-0.4, -0.2) is 17.4 Å². The van der Waals surface area contributed by atoms with Crippen LogP contribution in [0.5, 0.6) is 5.88 Å². The van der Waals surface area contributed by atoms with Gasteiger partial charge >= 0.3 is 0 Å². The smallest absolute Gasteiger partial charge is 0.251 e. The van der Waals surface area contributed by atoms with E-state index in [1.807, 2.05) is 67.6 Å². The van der Waals surface area contributed by atoms with Gasteiger partial charge in [0.1, 0.15) is 9.88 Å². The lowest BCUT2D eigenvalue weighted by atomic mass is 10.2. The minimum atomic E-state index is -0.276. The number of carbonyl (C=O) groups is 1. The number of ketones is 1. The van der Waals surface area contributed by atoms with E-state index in [1.54, 1.807) is 0 Å². The highest BCUT2D eigenvalue weighted by molar-refractivity contribution is 7.17. The first-order valence-electron chi connectivity index (χ1n) is 7.58. The molecule has 0 aliphatic heterocycles. The quantitative estimate of drug-likeness (QED) is 0.523. The van der Waals surface area contributed by atoms with Gasteiger partial charge in [-0.25, -0.2) is 4.98 Å². The molecule has 0 aliphatic rings. The van der Waals surface area contributed by atoms with Crippen molar-refractivity contribution in [1.29, 1.82) is 0 Å². The molecule has 0 saturated heterocycles. The third-order valence-electron chi connectivity index (χ3n) is 3.20. The largest absolute Gasteiger partial charge is 0.477 e. The molecular weight excluding hydrogens is 318 g/mol. The summed E-state index contributed by atoms with van der Waals surface area (Å²) in [5.74, 6) is 5.64. The van der Waals surface area contributed by atoms with Crippen molar-refractivity contribution in [3.63, 3.8) is 0 Å². The lowest BCUT2D eigenvalue weighted by molar-refractivity contribution is 0.105. The third-order valence-corrected chi connectivity index (χ3v) is 4.28. The molecule has 3 nitrogen and oxygen atoms in total. The average molecular weight is 333 g/mol. The molecule has 4 heteroatoms. The number of aromatic nitrogens is 1. The van der Waals surface area contributed by atoms with Gasteiger partial charge in [-0.1, -0.05) is 54.5 Å². The molecule has 0 aliphatic carbocycles. The molecule has 0 saturated carbocycles. The van der Waals surface area contributed by atoms with Crippen molar-refractivity contribution in [2.45, 2.75) is 6.92 Å². The van der Waals surface area contributed by atoms with Crippen molar-refractivity contribution >= 4 is 17.1 Å². The maximum atomic E-state index is 12.5. The van der Waals surface area contributed by atoms with E-state index in [2.05, 4.69) is 16.8 Å². The molecule has 0 spiro atoms. The zero-order chi connectivity index (χ0) is 16.8. The summed E-state index contributed by atoms with van der Waals surface area (Å²) in [6, 6.07) is 19.2. The second-order valence-corrected chi connectivity index (χ2v) is 5.90. The van der Waals surface area contributed by atoms with Crippen molar-refractivity contribution in [1.82, 2.24) is 4.98 Å². The maximum absolute atomic E-state index is 12.5. The van der Waals surface area contributed by atoms with E-state index in [1.165, 1.54) is 11.3 Å². The van der Waals surface area contributed by atoms with Gasteiger partial charge in [0.2, 0.25) is 5.88 Å². The number of nitrogens with zero attached hydrogens (tertiary/aromatic N) is 1. The van der Waals surface area contributed by atoms with Crippen molar-refractivity contribution in [2.75, 3.05) is 6.61 Å². The van der Waals surface area contributed by atoms with Crippen LogP contribution >= 0.6 is 11.3 Å². The van der Waals surface area contributed by atoms with Crippen molar-refractivity contribution in [3.8, 4) is 28.3 Å². The Morgan fingerprint density at radius 2 is 1.75 bits per heavy atom. The zero-order valence-electron chi connectivity index (χ0n) is 13.2. The van der Waals surface area contributed by atoms with Gasteiger partial charge in [0, 0.05) is 11.1 Å². The van der Waals surface area contributed by atoms with Crippen molar-refractivity contribution in [2.24, 2.45) is 0 Å². The molecule has 0 fully saturated rings. The Morgan fingerprint density at radius 3 is 2.42 bits per heavy atom. The summed E-state index contributed by atoms with van der Waals surface area (Å²) in [5.41, 5.74) is 1.76. The Labute approximate surface area is 145 Å². The molecule has 118 valence electrons. The number of carbonyl (C=O) groups excluding carboxylic acids is 1. The highest BCUT2D eigenvalue weighted by Crippen LogP contribution is 2.32. The predicted molar refractivity (Wildman–Crippen MR) is 96.4 cm³/mol. The molecule has 1 aromatic heterocycles. The molecule has 0 amide bonds. The fraction of sp³-hybridized carbons (Fsp3) is 0.100. The lowest BCUT2D eigenvalue weighted by Crippen LogP contribution is -1.99. The van der Waals surface area contributed by atoms with Gasteiger partial charge in [0.25, 0.3) is 5.78 Å². The number of hydrogen-bond acceptors (Lipinski definition) is 4. The summed E-state index contributed by atoms with van der Waals surface area (Å²) in [5, 5.41) is 0.754. The molecule has 0 N–H and O–H groups in total. The zero-order valence-corrected chi connectivity index (χ0v) is 14.0. The number of thiazole rings is 1. The van der Waals surface area contributed by atoms with Crippen LogP contribution in [0.25, 0.3) is 10.6 Å². The van der Waals surface area contributed by atoms with Crippen LogP contribution in [0.1, 0.15) is 22.2 Å². The van der Waals surface area contributed by atoms with Crippen LogP contribution in [-0.2, 0) is 0 Å². The summed E-state index contributed by atoms with van der Waals surface area (Å²) in [4.78, 5) is 17.4. The lowest BCUT2D eigenvalue weighted by Gasteiger charge is -1.98. The maximum Gasteiger partial charge on any atom is 0.251 e. The SMILES string of the molecule is CCOc1nc(-c2ccccc2)sc1C(=O)C#Cc1ccccc1. The minimum absolute atomic E-state index is 0.276. The number of ether oxygens (including phenoxy) is 1. The van der Waals surface area contributed by atoms with Crippen molar-refractivity contribution in [3.05, 3.63) is 71.1 Å². The average Bonchev–Trinajstić information content (AvgIpc) is 3.06. The van der Waals surface area contributed by atoms with Gasteiger partial charge in [-0.05, 0) is 25.0 Å². The first-order valence-corrected chi connectivity index (χ1v) is 8.40. The predicted octanol–water partition coefficient (Wildman–Crippen LogP) is 4.44. The summed E-state index contributed by atoms with van der Waals surface area (Å²) in [6.07, 6.45) is 0. The van der Waals surface area contributed by atoms with Gasteiger partial charge in [0.15, 0.2) is 0 Å². The Bertz CT molecular complexity index is 890. The topological polar surface area (TPSA) is 39.2 Å². The van der Waals surface area contributed by atoms with E-state index in [-0.39, 0.29) is 5.78 Å². The highest BCUT2D eigenvalue weighted by Gasteiger charge is 2.18. The third kappa shape index (κ3) is 3.70. The molecule has 0 atom stereocenters. The van der Waals surface area contributed by atoms with Crippen LogP contribution in [0.4, 0.5) is 0 Å². The van der Waals surface area contributed by atoms with E-state index in [9.17, 15) is 4.79 Å². The van der Waals surface area contributed by atoms with E-state index in [0.717, 1.165) is 16.1 Å². The Hall–Kier alpha value is -2.90. The van der Waals surface area contributed by atoms with Gasteiger partial charge in [-0.3, -0.25) is 4.79 Å². The molecular formula is C20H15NO2S. The Morgan fingerprint density at radius 1 is 1.08 bits per heavy atom. The summed E-state index contributed by atoms with van der Waals surface area (Å²) < 4.78 is 5.52. The number of rotatable bonds is 4. The standard InChI is InChI=1S/C20H15NO2S/c1-2-23-19-18(17(22)14-13-15-9-5-3-6-10-15)24-20(21-19)16-11-7-4-8-12-16/h3-12H,2H2,1H3. The van der Waals surface area contributed by atoms with Crippen molar-refractivity contribution < 1.29 is 9.53 Å². The summed E-state index contributed by atoms with van der Waals surface area (Å²) >= 11 is 1.31. The Balaban J connectivity index is 1.93. The molecule has 3 aromatic rings. The fourth-order valence-corrected chi connectivity index (χ4v) is 3.01.